The average molecular weight is 1290 g/mol. The van der Waals surface area contributed by atoms with Gasteiger partial charge in [-0.3, -0.25) is 0 Å². The van der Waals surface area contributed by atoms with Gasteiger partial charge in [-0.1, -0.05) is 259 Å². The number of fused-ring (bicyclic) bond motifs is 4. The van der Waals surface area contributed by atoms with Gasteiger partial charge in [-0.25, -0.2) is 0 Å². The molecule has 0 radical (unpaired) electrons. The third-order valence-corrected chi connectivity index (χ3v) is 24.8. The molecule has 0 aromatic heterocycles. The molecule has 10 unspecified atom stereocenters. The molecule has 6 aliphatic carbocycles. The second-order valence-corrected chi connectivity index (χ2v) is 35.3. The van der Waals surface area contributed by atoms with E-state index in [9.17, 15) is 0 Å². The van der Waals surface area contributed by atoms with Crippen molar-refractivity contribution in [2.24, 2.45) is 23.7 Å². The number of halogens is 2. The van der Waals surface area contributed by atoms with Crippen molar-refractivity contribution in [2.75, 3.05) is 0 Å². The summed E-state index contributed by atoms with van der Waals surface area (Å²) in [4.78, 5) is 0. The summed E-state index contributed by atoms with van der Waals surface area (Å²) in [5.41, 5.74) is 16.2. The van der Waals surface area contributed by atoms with Gasteiger partial charge in [0.1, 0.15) is 0 Å². The van der Waals surface area contributed by atoms with Crippen LogP contribution in [-0.4, -0.2) is 11.3 Å². The normalized spacial score (nSPS) is 22.8. The van der Waals surface area contributed by atoms with Crippen molar-refractivity contribution in [1.82, 2.24) is 0 Å². The fraction of sp³-hybridized carbons (Fsp3) is 0.270. The SMILES string of the molecule is C1=C(c2ccccc2)c2cccc(P(c3ccccc3)c3cccc4c3CC=C4c3ccccc3)c2C1.PPP.[CH3-].[CH3-].[Cl][Zr+2][Cl].c1ccc(C2CCC3C2CCCC3P(c2ccccc2)C2CCCC3C(c4ccccc4)CCC32)cc1. The largest absolute Gasteiger partial charge is 0.0684 e. The maximum absolute atomic E-state index is 4.93. The Morgan fingerprint density at radius 2 is 0.744 bits per heavy atom. The van der Waals surface area contributed by atoms with Crippen molar-refractivity contribution in [1.29, 1.82) is 0 Å². The second-order valence-electron chi connectivity index (χ2n) is 22.5. The molecule has 4 fully saturated rings. The molecule has 0 N–H and O–H groups in total. The minimum Gasteiger partial charge on any atom is -0.0684 e. The van der Waals surface area contributed by atoms with Gasteiger partial charge in [0.15, 0.2) is 0 Å². The van der Waals surface area contributed by atoms with E-state index in [-0.39, 0.29) is 22.8 Å². The van der Waals surface area contributed by atoms with Crippen molar-refractivity contribution in [3.05, 3.63) is 290 Å². The number of rotatable bonds is 10. The van der Waals surface area contributed by atoms with Crippen LogP contribution in [-0.2, 0) is 33.7 Å². The fourth-order valence-corrected chi connectivity index (χ4v) is 22.6. The molecule has 14 rings (SSSR count). The molecule has 82 heavy (non-hydrogen) atoms. The van der Waals surface area contributed by atoms with Crippen LogP contribution in [0.15, 0.2) is 231 Å². The summed E-state index contributed by atoms with van der Waals surface area (Å²) < 4.78 is 0. The number of hydrogen-bond acceptors (Lipinski definition) is 0. The van der Waals surface area contributed by atoms with Gasteiger partial charge in [0.05, 0.1) is 0 Å². The van der Waals surface area contributed by atoms with Crippen LogP contribution < -0.4 is 21.2 Å². The zero-order valence-electron chi connectivity index (χ0n) is 47.8. The van der Waals surface area contributed by atoms with Crippen molar-refractivity contribution < 1.29 is 20.8 Å². The quantitative estimate of drug-likeness (QED) is 0.0946. The van der Waals surface area contributed by atoms with Crippen LogP contribution >= 0.6 is 58.7 Å². The monoisotopic (exact) mass is 1280 g/mol. The summed E-state index contributed by atoms with van der Waals surface area (Å²) in [6, 6.07) is 81.9. The van der Waals surface area contributed by atoms with Crippen molar-refractivity contribution in [3.8, 4) is 0 Å². The van der Waals surface area contributed by atoms with Gasteiger partial charge in [0.2, 0.25) is 0 Å². The van der Waals surface area contributed by atoms with Crippen LogP contribution in [0.5, 0.6) is 0 Å². The zero-order chi connectivity index (χ0) is 54.6. The van der Waals surface area contributed by atoms with E-state index in [1.807, 2.05) is 0 Å². The standard InChI is InChI=1S/C36H43P.C36H27P.2CH3.2ClH.H5P3.Zr/c2*1-4-12-26(13-5-1)29-22-24-33-31(29)18-10-20-35(33)37(28-16-8-3-9-17-28)36-21-11-19-32-30(23-25-34(32)36)27-14-6-2-7-15-27;;;;;1-3-2;/h1-9,12-17,29-36H,10-11,18-25H2;1-23H,24-25H2;2*1H3;2*1H;3H,1-2H2;/q;;2*-1;;;;+4/p-2. The smallest absolute Gasteiger partial charge is 0.0131 e. The van der Waals surface area contributed by atoms with Crippen LogP contribution in [0.1, 0.15) is 121 Å². The Labute approximate surface area is 521 Å². The van der Waals surface area contributed by atoms with Gasteiger partial charge in [-0.2, -0.15) is 0 Å². The molecule has 8 heteroatoms. The van der Waals surface area contributed by atoms with Crippen LogP contribution in [0.4, 0.5) is 0 Å². The molecule has 0 amide bonds. The minimum atomic E-state index is -0.826. The Morgan fingerprint density at radius 1 is 0.390 bits per heavy atom. The molecule has 10 atom stereocenters. The molecular weight excluding hydrogens is 1210 g/mol. The van der Waals surface area contributed by atoms with Gasteiger partial charge in [-0.05, 0) is 196 Å². The molecule has 0 spiro atoms. The van der Waals surface area contributed by atoms with E-state index in [0.29, 0.717) is 0 Å². The summed E-state index contributed by atoms with van der Waals surface area (Å²) in [5.74, 6) is 5.31. The number of benzene rings is 8. The molecule has 420 valence electrons. The molecule has 0 bridgehead atoms. The first-order chi connectivity index (χ1) is 39.6. The second kappa shape index (κ2) is 31.5. The first-order valence-electron chi connectivity index (χ1n) is 29.3. The maximum Gasteiger partial charge on any atom is -0.0131 e. The van der Waals surface area contributed by atoms with E-state index in [4.69, 9.17) is 17.0 Å². The van der Waals surface area contributed by atoms with Gasteiger partial charge in [-0.15, -0.1) is 17.9 Å². The molecule has 0 saturated heterocycles. The van der Waals surface area contributed by atoms with E-state index < -0.39 is 28.8 Å². The molecule has 6 aliphatic rings. The fourth-order valence-electron chi connectivity index (χ4n) is 15.6. The third-order valence-electron chi connectivity index (χ3n) is 18.6. The van der Waals surface area contributed by atoms with Crippen LogP contribution in [0, 0.1) is 38.5 Å². The van der Waals surface area contributed by atoms with Crippen LogP contribution in [0.3, 0.4) is 0 Å². The average Bonchev–Trinajstić information content (AvgIpc) is 4.49. The number of allylic oxidation sites excluding steroid dienone is 2. The summed E-state index contributed by atoms with van der Waals surface area (Å²) >= 11 is -0.826. The Bertz CT molecular complexity index is 3110. The molecule has 8 aromatic carbocycles. The van der Waals surface area contributed by atoms with Crippen molar-refractivity contribution in [2.45, 2.75) is 100 Å². The molecule has 8 aromatic rings. The Morgan fingerprint density at radius 3 is 1.13 bits per heavy atom. The summed E-state index contributed by atoms with van der Waals surface area (Å²) in [5, 5.41) is 6.13. The van der Waals surface area contributed by atoms with Gasteiger partial charge in [0.25, 0.3) is 0 Å². The van der Waals surface area contributed by atoms with E-state index in [1.165, 1.54) is 125 Å². The third kappa shape index (κ3) is 14.1. The van der Waals surface area contributed by atoms with Gasteiger partial charge in [0, 0.05) is 0 Å². The van der Waals surface area contributed by atoms with Crippen LogP contribution in [0.2, 0.25) is 0 Å². The Hall–Kier alpha value is -3.15. The predicted octanol–water partition coefficient (Wildman–Crippen LogP) is 20.5. The summed E-state index contributed by atoms with van der Waals surface area (Å²) in [7, 11) is 15.1. The Balaban J connectivity index is 0.000000177. The first-order valence-corrected chi connectivity index (χ1v) is 43.0. The number of hydrogen-bond donors (Lipinski definition) is 0. The maximum atomic E-state index is 4.93. The van der Waals surface area contributed by atoms with E-state index in [0.717, 1.165) is 67.6 Å². The van der Waals surface area contributed by atoms with E-state index >= 15 is 0 Å². The summed E-state index contributed by atoms with van der Waals surface area (Å²) in [6.45, 7) is 0. The van der Waals surface area contributed by atoms with E-state index in [2.05, 4.69) is 248 Å². The minimum absolute atomic E-state index is 0. The molecule has 0 nitrogen and oxygen atoms in total. The summed E-state index contributed by atoms with van der Waals surface area (Å²) in [6.07, 6.45) is 21.4. The zero-order valence-corrected chi connectivity index (χ0v) is 56.9. The first kappa shape index (κ1) is 63.4. The molecule has 4 saturated carbocycles. The Kier molecular flexibility index (Phi) is 24.3. The van der Waals surface area contributed by atoms with Crippen molar-refractivity contribution in [3.63, 3.8) is 0 Å². The van der Waals surface area contributed by atoms with E-state index in [1.54, 1.807) is 16.4 Å². The van der Waals surface area contributed by atoms with Crippen molar-refractivity contribution >= 4 is 91.0 Å². The van der Waals surface area contributed by atoms with Gasteiger partial charge < -0.3 is 14.9 Å². The molecule has 0 aliphatic heterocycles. The van der Waals surface area contributed by atoms with Crippen LogP contribution in [0.25, 0.3) is 11.1 Å². The van der Waals surface area contributed by atoms with Gasteiger partial charge >= 0.3 is 37.9 Å². The topological polar surface area (TPSA) is 0 Å². The molecule has 0 heterocycles. The predicted molar refractivity (Wildman–Crippen MR) is 371 cm³/mol. The molecular formula is C74H81Cl2P5Zr.